The molecule has 2 aliphatic heterocycles. The third-order valence-electron chi connectivity index (χ3n) is 7.96. The van der Waals surface area contributed by atoms with E-state index in [1.54, 1.807) is 13.0 Å². The van der Waals surface area contributed by atoms with Crippen LogP contribution in [-0.2, 0) is 28.9 Å². The van der Waals surface area contributed by atoms with Gasteiger partial charge in [0.05, 0.1) is 25.3 Å². The third kappa shape index (κ3) is 4.81. The number of carbonyl (C=O) groups excluding carboxylic acids is 1. The zero-order chi connectivity index (χ0) is 25.3. The van der Waals surface area contributed by atoms with E-state index in [4.69, 9.17) is 14.2 Å². The highest BCUT2D eigenvalue weighted by Gasteiger charge is 2.37. The molecule has 0 spiro atoms. The minimum atomic E-state index is -0.342. The molecular formula is C27H34FN4O4+. The van der Waals surface area contributed by atoms with Gasteiger partial charge in [0, 0.05) is 67.3 Å². The summed E-state index contributed by atoms with van der Waals surface area (Å²) in [5.41, 5.74) is 2.99. The number of halogens is 1. The van der Waals surface area contributed by atoms with E-state index >= 15 is 0 Å². The quantitative estimate of drug-likeness (QED) is 0.362. The van der Waals surface area contributed by atoms with Gasteiger partial charge >= 0.3 is 5.97 Å². The van der Waals surface area contributed by atoms with Gasteiger partial charge in [0.25, 0.3) is 5.56 Å². The standard InChI is InChI=1S/C27H34FN4O4/c1-3-25(33)35-17-32(15-11-21-18(2)29-24-6-4-5-12-31(24)27(21)34)13-9-19(10-14-32)26-22-8-7-20(28)16-23(22)36-30-26/h7-8,16,19H,3-6,9-15,17H2,1-2H3/q+1. The van der Waals surface area contributed by atoms with Crippen LogP contribution < -0.4 is 5.56 Å². The van der Waals surface area contributed by atoms with Crippen molar-refractivity contribution in [2.75, 3.05) is 26.4 Å². The number of benzene rings is 1. The molecule has 0 saturated carbocycles. The zero-order valence-corrected chi connectivity index (χ0v) is 21.1. The Balaban J connectivity index is 1.35. The molecule has 2 aliphatic rings. The Morgan fingerprint density at radius 3 is 2.86 bits per heavy atom. The second kappa shape index (κ2) is 10.1. The molecule has 0 N–H and O–H groups in total. The predicted molar refractivity (Wildman–Crippen MR) is 132 cm³/mol. The molecule has 4 heterocycles. The molecule has 9 heteroatoms. The number of piperidine rings is 1. The highest BCUT2D eigenvalue weighted by molar-refractivity contribution is 5.79. The smallest absolute Gasteiger partial charge is 0.309 e. The topological polar surface area (TPSA) is 87.2 Å². The zero-order valence-electron chi connectivity index (χ0n) is 21.1. The largest absolute Gasteiger partial charge is 0.415 e. The minimum Gasteiger partial charge on any atom is -0.415 e. The lowest BCUT2D eigenvalue weighted by atomic mass is 9.90. The van der Waals surface area contributed by atoms with Gasteiger partial charge in [-0.25, -0.2) is 9.37 Å². The van der Waals surface area contributed by atoms with Gasteiger partial charge in [0.15, 0.2) is 5.58 Å². The maximum Gasteiger partial charge on any atom is 0.309 e. The van der Waals surface area contributed by atoms with E-state index in [-0.39, 0.29) is 23.3 Å². The molecule has 0 unspecified atom stereocenters. The molecule has 0 bridgehead atoms. The number of likely N-dealkylation sites (tertiary alicyclic amines) is 1. The van der Waals surface area contributed by atoms with Gasteiger partial charge in [-0.1, -0.05) is 12.1 Å². The Hall–Kier alpha value is -3.07. The Kier molecular flexibility index (Phi) is 6.92. The van der Waals surface area contributed by atoms with Crippen LogP contribution in [0, 0.1) is 12.7 Å². The van der Waals surface area contributed by atoms with Gasteiger partial charge in [-0.3, -0.25) is 18.6 Å². The molecule has 1 aromatic carbocycles. The molecule has 1 fully saturated rings. The van der Waals surface area contributed by atoms with E-state index in [1.807, 2.05) is 11.5 Å². The van der Waals surface area contributed by atoms with Crippen LogP contribution >= 0.6 is 0 Å². The van der Waals surface area contributed by atoms with Crippen molar-refractivity contribution >= 4 is 16.9 Å². The average molecular weight is 498 g/mol. The van der Waals surface area contributed by atoms with Gasteiger partial charge in [0.1, 0.15) is 11.6 Å². The first-order valence-electron chi connectivity index (χ1n) is 13.0. The van der Waals surface area contributed by atoms with Crippen molar-refractivity contribution < 1.29 is 22.9 Å². The normalized spacial score (nSPS) is 21.9. The number of fused-ring (bicyclic) bond motifs is 2. The SMILES string of the molecule is CCC(=O)OC[N+]1(CCc2c(C)nc3n(c2=O)CCCC3)CCC(c2noc3cc(F)ccc23)CC1. The highest BCUT2D eigenvalue weighted by atomic mass is 19.1. The van der Waals surface area contributed by atoms with Crippen molar-refractivity contribution in [1.82, 2.24) is 14.7 Å². The lowest BCUT2D eigenvalue weighted by Gasteiger charge is -2.42. The van der Waals surface area contributed by atoms with E-state index in [0.29, 0.717) is 36.2 Å². The molecule has 2 aromatic heterocycles. The summed E-state index contributed by atoms with van der Waals surface area (Å²) in [6.07, 6.45) is 5.54. The number of carbonyl (C=O) groups is 1. The second-order valence-electron chi connectivity index (χ2n) is 10.2. The Morgan fingerprint density at radius 1 is 1.28 bits per heavy atom. The Bertz CT molecular complexity index is 1320. The molecule has 0 aliphatic carbocycles. The third-order valence-corrected chi connectivity index (χ3v) is 7.96. The van der Waals surface area contributed by atoms with Gasteiger partial charge in [-0.2, -0.15) is 0 Å². The first-order valence-corrected chi connectivity index (χ1v) is 13.0. The van der Waals surface area contributed by atoms with E-state index in [2.05, 4.69) is 5.16 Å². The van der Waals surface area contributed by atoms with Crippen molar-refractivity contribution in [3.63, 3.8) is 0 Å². The first-order chi connectivity index (χ1) is 17.4. The second-order valence-corrected chi connectivity index (χ2v) is 10.2. The minimum absolute atomic E-state index is 0.0806. The lowest BCUT2D eigenvalue weighted by Crippen LogP contribution is -2.55. The van der Waals surface area contributed by atoms with Gasteiger partial charge in [-0.15, -0.1) is 0 Å². The highest BCUT2D eigenvalue weighted by Crippen LogP contribution is 2.35. The van der Waals surface area contributed by atoms with Gasteiger partial charge in [-0.05, 0) is 31.9 Å². The summed E-state index contributed by atoms with van der Waals surface area (Å²) in [5, 5.41) is 5.12. The van der Waals surface area contributed by atoms with E-state index in [0.717, 1.165) is 79.9 Å². The lowest BCUT2D eigenvalue weighted by molar-refractivity contribution is -0.948. The van der Waals surface area contributed by atoms with E-state index in [9.17, 15) is 14.0 Å². The predicted octanol–water partition coefficient (Wildman–Crippen LogP) is 4.02. The van der Waals surface area contributed by atoms with Crippen LogP contribution in [0.15, 0.2) is 27.5 Å². The molecule has 3 aromatic rings. The van der Waals surface area contributed by atoms with Crippen LogP contribution in [0.1, 0.15) is 67.7 Å². The molecule has 36 heavy (non-hydrogen) atoms. The number of rotatable bonds is 7. The maximum absolute atomic E-state index is 13.6. The first kappa shape index (κ1) is 24.6. The molecule has 1 saturated heterocycles. The number of esters is 1. The summed E-state index contributed by atoms with van der Waals surface area (Å²) in [6.45, 7) is 7.03. The summed E-state index contributed by atoms with van der Waals surface area (Å²) in [7, 11) is 0. The maximum atomic E-state index is 13.6. The number of hydrogen-bond acceptors (Lipinski definition) is 6. The van der Waals surface area contributed by atoms with Crippen LogP contribution in [0.4, 0.5) is 4.39 Å². The van der Waals surface area contributed by atoms with Crippen molar-refractivity contribution in [2.24, 2.45) is 0 Å². The number of hydrogen-bond donors (Lipinski definition) is 0. The molecule has 5 rings (SSSR count). The van der Waals surface area contributed by atoms with Crippen molar-refractivity contribution in [3.8, 4) is 0 Å². The Morgan fingerprint density at radius 2 is 2.08 bits per heavy atom. The number of quaternary nitrogens is 1. The van der Waals surface area contributed by atoms with Crippen molar-refractivity contribution in [2.45, 2.75) is 71.3 Å². The number of aryl methyl sites for hydroxylation is 2. The molecule has 192 valence electrons. The monoisotopic (exact) mass is 497 g/mol. The van der Waals surface area contributed by atoms with Crippen LogP contribution in [0.3, 0.4) is 0 Å². The molecule has 0 atom stereocenters. The summed E-state index contributed by atoms with van der Waals surface area (Å²) in [4.78, 5) is 30.0. The van der Waals surface area contributed by atoms with Crippen molar-refractivity contribution in [3.05, 3.63) is 57.1 Å². The van der Waals surface area contributed by atoms with Gasteiger partial charge in [0.2, 0.25) is 6.73 Å². The number of ether oxygens (including phenoxy) is 1. The van der Waals surface area contributed by atoms with Crippen LogP contribution in [-0.4, -0.2) is 51.5 Å². The Labute approximate surface area is 209 Å². The van der Waals surface area contributed by atoms with Gasteiger partial charge < -0.3 is 9.26 Å². The number of nitrogens with zero attached hydrogens (tertiary/aromatic N) is 4. The average Bonchev–Trinajstić information content (AvgIpc) is 3.30. The fraction of sp³-hybridized carbons (Fsp3) is 0.556. The van der Waals surface area contributed by atoms with E-state index in [1.165, 1.54) is 12.1 Å². The number of aromatic nitrogens is 3. The van der Waals surface area contributed by atoms with Crippen LogP contribution in [0.25, 0.3) is 11.0 Å². The van der Waals surface area contributed by atoms with Crippen molar-refractivity contribution in [1.29, 1.82) is 0 Å². The molecule has 8 nitrogen and oxygen atoms in total. The van der Waals surface area contributed by atoms with Crippen LogP contribution in [0.2, 0.25) is 0 Å². The summed E-state index contributed by atoms with van der Waals surface area (Å²) in [5.74, 6) is 0.521. The fourth-order valence-electron chi connectivity index (χ4n) is 5.71. The fourth-order valence-corrected chi connectivity index (χ4v) is 5.71. The summed E-state index contributed by atoms with van der Waals surface area (Å²) < 4.78 is 27.1. The summed E-state index contributed by atoms with van der Waals surface area (Å²) in [6, 6.07) is 4.53. The molecule has 0 radical (unpaired) electrons. The molecular weight excluding hydrogens is 463 g/mol. The summed E-state index contributed by atoms with van der Waals surface area (Å²) >= 11 is 0. The van der Waals surface area contributed by atoms with Crippen LogP contribution in [0.5, 0.6) is 0 Å². The van der Waals surface area contributed by atoms with E-state index < -0.39 is 0 Å². The molecule has 0 amide bonds.